The first kappa shape index (κ1) is 14.2. The van der Waals surface area contributed by atoms with Crippen molar-refractivity contribution < 1.29 is 9.84 Å². The minimum atomic E-state index is -0.516. The molecule has 0 unspecified atom stereocenters. The third-order valence-corrected chi connectivity index (χ3v) is 3.86. The van der Waals surface area contributed by atoms with Crippen molar-refractivity contribution >= 4 is 15.9 Å². The lowest BCUT2D eigenvalue weighted by atomic mass is 10.0. The molecule has 1 aliphatic rings. The Labute approximate surface area is 117 Å². The number of rotatable bonds is 3. The van der Waals surface area contributed by atoms with Crippen LogP contribution in [-0.4, -0.2) is 27.4 Å². The molecular formula is C12H15BrN2O4. The van der Waals surface area contributed by atoms with E-state index in [1.807, 2.05) is 0 Å². The van der Waals surface area contributed by atoms with Crippen molar-refractivity contribution in [2.24, 2.45) is 5.92 Å². The van der Waals surface area contributed by atoms with Gasteiger partial charge in [-0.25, -0.2) is 4.79 Å². The highest BCUT2D eigenvalue weighted by Gasteiger charge is 2.37. The van der Waals surface area contributed by atoms with Crippen LogP contribution in [0.25, 0.3) is 0 Å². The molecule has 0 aromatic carbocycles. The van der Waals surface area contributed by atoms with Gasteiger partial charge in [0, 0.05) is 24.1 Å². The van der Waals surface area contributed by atoms with Gasteiger partial charge in [-0.2, -0.15) is 0 Å². The topological polar surface area (TPSA) is 84.3 Å². The summed E-state index contributed by atoms with van der Waals surface area (Å²) >= 11 is 3.30. The van der Waals surface area contributed by atoms with Crippen molar-refractivity contribution in [2.75, 3.05) is 6.61 Å². The van der Waals surface area contributed by atoms with Crippen LogP contribution in [0.2, 0.25) is 0 Å². The maximum atomic E-state index is 11.8. The lowest BCUT2D eigenvalue weighted by Gasteiger charge is -2.15. The van der Waals surface area contributed by atoms with Crippen molar-refractivity contribution in [3.05, 3.63) is 43.7 Å². The van der Waals surface area contributed by atoms with Gasteiger partial charge in [-0.3, -0.25) is 14.3 Å². The normalized spacial score (nSPS) is 26.6. The van der Waals surface area contributed by atoms with Gasteiger partial charge in [-0.05, 0) is 11.4 Å². The Balaban J connectivity index is 2.35. The van der Waals surface area contributed by atoms with E-state index in [-0.39, 0.29) is 12.5 Å². The zero-order valence-corrected chi connectivity index (χ0v) is 12.0. The number of aliphatic hydroxyl groups excluding tert-OH is 1. The molecule has 1 aliphatic heterocycles. The molecule has 1 aromatic heterocycles. The van der Waals surface area contributed by atoms with Crippen molar-refractivity contribution in [2.45, 2.75) is 25.7 Å². The molecule has 104 valence electrons. The van der Waals surface area contributed by atoms with E-state index >= 15 is 0 Å². The second-order valence-electron chi connectivity index (χ2n) is 4.58. The van der Waals surface area contributed by atoms with E-state index in [0.717, 1.165) is 4.48 Å². The molecule has 1 aromatic rings. The minimum Gasteiger partial charge on any atom is -0.394 e. The van der Waals surface area contributed by atoms with Crippen molar-refractivity contribution in [3.8, 4) is 0 Å². The SMILES string of the molecule is C=C(Br)[C@H]1C[C@H](n2cc(C)c(=O)[nH]c2=O)O[C@@H]1CO. The number of ether oxygens (including phenoxy) is 1. The second-order valence-corrected chi connectivity index (χ2v) is 5.60. The van der Waals surface area contributed by atoms with E-state index in [0.29, 0.717) is 12.0 Å². The highest BCUT2D eigenvalue weighted by molar-refractivity contribution is 9.11. The third kappa shape index (κ3) is 2.72. The molecule has 0 amide bonds. The molecule has 2 heterocycles. The fourth-order valence-corrected chi connectivity index (χ4v) is 2.68. The fraction of sp³-hybridized carbons (Fsp3) is 0.500. The first-order valence-electron chi connectivity index (χ1n) is 5.86. The Morgan fingerprint density at radius 3 is 2.89 bits per heavy atom. The van der Waals surface area contributed by atoms with E-state index in [1.54, 1.807) is 6.92 Å². The summed E-state index contributed by atoms with van der Waals surface area (Å²) in [5.41, 5.74) is -0.484. The maximum Gasteiger partial charge on any atom is 0.330 e. The van der Waals surface area contributed by atoms with Gasteiger partial charge in [0.1, 0.15) is 6.23 Å². The van der Waals surface area contributed by atoms with Crippen LogP contribution in [0.3, 0.4) is 0 Å². The van der Waals surface area contributed by atoms with E-state index in [4.69, 9.17) is 4.74 Å². The Hall–Kier alpha value is -1.18. The van der Waals surface area contributed by atoms with Crippen LogP contribution in [0.4, 0.5) is 0 Å². The highest BCUT2D eigenvalue weighted by Crippen LogP contribution is 2.38. The summed E-state index contributed by atoms with van der Waals surface area (Å²) in [6.45, 7) is 5.27. The van der Waals surface area contributed by atoms with Crippen LogP contribution in [0, 0.1) is 12.8 Å². The zero-order valence-electron chi connectivity index (χ0n) is 10.4. The number of aliphatic hydroxyl groups is 1. The van der Waals surface area contributed by atoms with Crippen LogP contribution >= 0.6 is 15.9 Å². The average molecular weight is 331 g/mol. The van der Waals surface area contributed by atoms with Crippen LogP contribution < -0.4 is 11.2 Å². The van der Waals surface area contributed by atoms with Crippen molar-refractivity contribution in [1.82, 2.24) is 9.55 Å². The quantitative estimate of drug-likeness (QED) is 0.852. The summed E-state index contributed by atoms with van der Waals surface area (Å²) in [5, 5.41) is 9.29. The van der Waals surface area contributed by atoms with Crippen LogP contribution in [0.15, 0.2) is 26.8 Å². The van der Waals surface area contributed by atoms with Crippen LogP contribution in [0.5, 0.6) is 0 Å². The second kappa shape index (κ2) is 5.44. The Morgan fingerprint density at radius 1 is 1.68 bits per heavy atom. The Bertz CT molecular complexity index is 606. The molecule has 1 fully saturated rings. The molecule has 0 aliphatic carbocycles. The monoisotopic (exact) mass is 330 g/mol. The number of H-pyrrole nitrogens is 1. The summed E-state index contributed by atoms with van der Waals surface area (Å²) in [7, 11) is 0. The Kier molecular flexibility index (Phi) is 4.07. The van der Waals surface area contributed by atoms with Crippen molar-refractivity contribution in [3.63, 3.8) is 0 Å². The number of aromatic amines is 1. The number of hydrogen-bond donors (Lipinski definition) is 2. The molecule has 1 saturated heterocycles. The van der Waals surface area contributed by atoms with Gasteiger partial charge in [0.2, 0.25) is 0 Å². The maximum absolute atomic E-state index is 11.8. The van der Waals surface area contributed by atoms with Gasteiger partial charge in [-0.1, -0.05) is 22.5 Å². The molecule has 0 spiro atoms. The summed E-state index contributed by atoms with van der Waals surface area (Å²) in [4.78, 5) is 25.3. The van der Waals surface area contributed by atoms with Gasteiger partial charge < -0.3 is 9.84 Å². The molecule has 0 radical (unpaired) electrons. The first-order chi connectivity index (χ1) is 8.93. The standard InChI is InChI=1S/C12H15BrN2O4/c1-6-4-15(12(18)14-11(6)17)10-3-8(7(2)13)9(5-16)19-10/h4,8-10,16H,2-3,5H2,1H3,(H,14,17,18)/t8-,9-,10-/m1/s1. The fourth-order valence-electron chi connectivity index (χ4n) is 2.20. The van der Waals surface area contributed by atoms with E-state index in [1.165, 1.54) is 10.8 Å². The van der Waals surface area contributed by atoms with Crippen molar-refractivity contribution in [1.29, 1.82) is 0 Å². The number of aryl methyl sites for hydroxylation is 1. The average Bonchev–Trinajstić information content (AvgIpc) is 2.77. The summed E-state index contributed by atoms with van der Waals surface area (Å²) in [5.74, 6) is -0.0749. The molecule has 0 saturated carbocycles. The van der Waals surface area contributed by atoms with Gasteiger partial charge in [0.25, 0.3) is 5.56 Å². The highest BCUT2D eigenvalue weighted by atomic mass is 79.9. The molecule has 0 bridgehead atoms. The lowest BCUT2D eigenvalue weighted by Crippen LogP contribution is -2.33. The summed E-state index contributed by atoms with van der Waals surface area (Å²) < 4.78 is 7.71. The predicted molar refractivity (Wildman–Crippen MR) is 73.2 cm³/mol. The van der Waals surface area contributed by atoms with E-state index < -0.39 is 23.6 Å². The minimum absolute atomic E-state index is 0.0749. The number of hydrogen-bond acceptors (Lipinski definition) is 4. The molecule has 2 rings (SSSR count). The molecular weight excluding hydrogens is 316 g/mol. The molecule has 3 atom stereocenters. The smallest absolute Gasteiger partial charge is 0.330 e. The zero-order chi connectivity index (χ0) is 14.2. The van der Waals surface area contributed by atoms with Gasteiger partial charge in [0.05, 0.1) is 12.7 Å². The predicted octanol–water partition coefficient (Wildman–Crippen LogP) is 0.650. The molecule has 2 N–H and O–H groups in total. The largest absolute Gasteiger partial charge is 0.394 e. The third-order valence-electron chi connectivity index (χ3n) is 3.27. The number of nitrogens with one attached hydrogen (secondary N) is 1. The van der Waals surface area contributed by atoms with E-state index in [9.17, 15) is 14.7 Å². The Morgan fingerprint density at radius 2 is 2.37 bits per heavy atom. The van der Waals surface area contributed by atoms with Gasteiger partial charge in [0.15, 0.2) is 0 Å². The van der Waals surface area contributed by atoms with Gasteiger partial charge in [-0.15, -0.1) is 0 Å². The number of aromatic nitrogens is 2. The summed E-state index contributed by atoms with van der Waals surface area (Å²) in [6.07, 6.45) is 1.07. The molecule has 19 heavy (non-hydrogen) atoms. The lowest BCUT2D eigenvalue weighted by molar-refractivity contribution is -0.0297. The number of halogens is 1. The van der Waals surface area contributed by atoms with E-state index in [2.05, 4.69) is 27.5 Å². The summed E-state index contributed by atoms with van der Waals surface area (Å²) in [6, 6.07) is 0. The number of nitrogens with zero attached hydrogens (tertiary/aromatic N) is 1. The van der Waals surface area contributed by atoms with Gasteiger partial charge >= 0.3 is 5.69 Å². The van der Waals surface area contributed by atoms with Crippen LogP contribution in [-0.2, 0) is 4.74 Å². The van der Waals surface area contributed by atoms with Crippen LogP contribution in [0.1, 0.15) is 18.2 Å². The molecule has 7 heteroatoms. The molecule has 6 nitrogen and oxygen atoms in total. The first-order valence-corrected chi connectivity index (χ1v) is 6.66.